The van der Waals surface area contributed by atoms with Gasteiger partial charge in [0.05, 0.1) is 0 Å². The number of carboxylic acids is 1. The number of carboxylic acid groups (broad SMARTS) is 1. The summed E-state index contributed by atoms with van der Waals surface area (Å²) in [5.41, 5.74) is 0.733. The van der Waals surface area contributed by atoms with Gasteiger partial charge in [-0.05, 0) is 65.0 Å². The number of nitrogens with zero attached hydrogens (tertiary/aromatic N) is 2. The Labute approximate surface area is 179 Å². The third kappa shape index (κ3) is 4.80. The van der Waals surface area contributed by atoms with E-state index < -0.39 is 11.6 Å². The number of hydrogen-bond acceptors (Lipinski definition) is 4. The summed E-state index contributed by atoms with van der Waals surface area (Å²) in [6, 6.07) is 10.2. The van der Waals surface area contributed by atoms with E-state index in [-0.39, 0.29) is 23.6 Å². The van der Waals surface area contributed by atoms with Gasteiger partial charge in [-0.1, -0.05) is 30.3 Å². The molecular formula is C24H34N2O4. The molecule has 30 heavy (non-hydrogen) atoms. The highest BCUT2D eigenvalue weighted by atomic mass is 16.6. The first kappa shape index (κ1) is 21.2. The van der Waals surface area contributed by atoms with Gasteiger partial charge < -0.3 is 14.7 Å². The smallest absolute Gasteiger partial charge is 0.410 e. The number of rotatable bonds is 7. The molecule has 3 fully saturated rings. The monoisotopic (exact) mass is 414 g/mol. The maximum atomic E-state index is 13.1. The summed E-state index contributed by atoms with van der Waals surface area (Å²) in [5, 5.41) is 9.53. The summed E-state index contributed by atoms with van der Waals surface area (Å²) in [5.74, 6) is -0.369. The largest absolute Gasteiger partial charge is 0.480 e. The summed E-state index contributed by atoms with van der Waals surface area (Å²) in [6.45, 7) is 7.95. The van der Waals surface area contributed by atoms with Crippen LogP contribution in [0, 0.1) is 5.41 Å². The molecule has 3 atom stereocenters. The highest BCUT2D eigenvalue weighted by Gasteiger charge is 2.53. The summed E-state index contributed by atoms with van der Waals surface area (Å²) in [4.78, 5) is 28.8. The van der Waals surface area contributed by atoms with Crippen LogP contribution in [0.5, 0.6) is 0 Å². The van der Waals surface area contributed by atoms with Gasteiger partial charge in [0.1, 0.15) is 11.6 Å². The molecule has 3 aliphatic rings. The lowest BCUT2D eigenvalue weighted by Crippen LogP contribution is -2.46. The van der Waals surface area contributed by atoms with Gasteiger partial charge in [0.2, 0.25) is 0 Å². The Hall–Kier alpha value is -2.08. The van der Waals surface area contributed by atoms with E-state index in [1.165, 1.54) is 5.56 Å². The summed E-state index contributed by atoms with van der Waals surface area (Å²) in [7, 11) is 0. The second-order valence-electron chi connectivity index (χ2n) is 10.4. The number of carbonyl (C=O) groups excluding carboxylic acids is 1. The second kappa shape index (κ2) is 7.88. The van der Waals surface area contributed by atoms with Crippen molar-refractivity contribution in [2.24, 2.45) is 5.41 Å². The number of amides is 1. The molecule has 0 bridgehead atoms. The predicted molar refractivity (Wildman–Crippen MR) is 114 cm³/mol. The average Bonchev–Trinajstić information content (AvgIpc) is 3.56. The summed E-state index contributed by atoms with van der Waals surface area (Å²) < 4.78 is 5.77. The SMILES string of the molecule is CC(C)(C)OC(=O)N(CC1(CN2CCC[C@H]2C(=O)O)CC1)[C@H]1C[C@@H]1c1ccccc1. The molecule has 1 aromatic carbocycles. The molecule has 2 aliphatic carbocycles. The molecule has 164 valence electrons. The van der Waals surface area contributed by atoms with Crippen LogP contribution in [0.4, 0.5) is 4.79 Å². The van der Waals surface area contributed by atoms with E-state index in [4.69, 9.17) is 4.74 Å². The van der Waals surface area contributed by atoms with Crippen LogP contribution in [0.15, 0.2) is 30.3 Å². The number of likely N-dealkylation sites (tertiary alicyclic amines) is 1. The van der Waals surface area contributed by atoms with Crippen LogP contribution < -0.4 is 0 Å². The third-order valence-electron chi connectivity index (χ3n) is 6.66. The van der Waals surface area contributed by atoms with Crippen molar-refractivity contribution < 1.29 is 19.4 Å². The van der Waals surface area contributed by atoms with Gasteiger partial charge in [-0.3, -0.25) is 9.69 Å². The quantitative estimate of drug-likeness (QED) is 0.727. The predicted octanol–water partition coefficient (Wildman–Crippen LogP) is 4.11. The third-order valence-corrected chi connectivity index (χ3v) is 6.66. The zero-order chi connectivity index (χ0) is 21.5. The normalized spacial score (nSPS) is 27.5. The Morgan fingerprint density at radius 3 is 2.53 bits per heavy atom. The van der Waals surface area contributed by atoms with Crippen LogP contribution in [0.1, 0.15) is 64.4 Å². The molecule has 0 unspecified atom stereocenters. The Bertz CT molecular complexity index is 784. The highest BCUT2D eigenvalue weighted by molar-refractivity contribution is 5.73. The minimum atomic E-state index is -0.723. The topological polar surface area (TPSA) is 70.1 Å². The van der Waals surface area contributed by atoms with Gasteiger partial charge in [-0.25, -0.2) is 4.79 Å². The maximum Gasteiger partial charge on any atom is 0.410 e. The van der Waals surface area contributed by atoms with Gasteiger partial charge in [0.15, 0.2) is 0 Å². The van der Waals surface area contributed by atoms with E-state index in [1.807, 2.05) is 43.9 Å². The van der Waals surface area contributed by atoms with Crippen LogP contribution in [0.25, 0.3) is 0 Å². The molecule has 0 aromatic heterocycles. The molecule has 1 amide bonds. The Morgan fingerprint density at radius 1 is 1.23 bits per heavy atom. The molecule has 1 aromatic rings. The fourth-order valence-electron chi connectivity index (χ4n) is 4.85. The zero-order valence-corrected chi connectivity index (χ0v) is 18.3. The molecule has 4 rings (SSSR count). The van der Waals surface area contributed by atoms with Crippen molar-refractivity contribution in [3.63, 3.8) is 0 Å². The fraction of sp³-hybridized carbons (Fsp3) is 0.667. The van der Waals surface area contributed by atoms with Gasteiger partial charge in [0.25, 0.3) is 0 Å². The molecule has 0 spiro atoms. The standard InChI is InChI=1S/C24H34N2O4/c1-23(2,3)30-22(29)26(20-14-18(20)17-8-5-4-6-9-17)16-24(11-12-24)15-25-13-7-10-19(25)21(27)28/h4-6,8-9,18-20H,7,10-16H2,1-3H3,(H,27,28)/t18-,19+,20+/m1/s1. The molecule has 1 saturated heterocycles. The molecule has 2 saturated carbocycles. The van der Waals surface area contributed by atoms with E-state index >= 15 is 0 Å². The zero-order valence-electron chi connectivity index (χ0n) is 18.3. The lowest BCUT2D eigenvalue weighted by Gasteiger charge is -2.33. The molecule has 6 nitrogen and oxygen atoms in total. The van der Waals surface area contributed by atoms with Crippen LogP contribution in [-0.2, 0) is 9.53 Å². The molecular weight excluding hydrogens is 380 g/mol. The summed E-state index contributed by atoms with van der Waals surface area (Å²) >= 11 is 0. The number of benzene rings is 1. The first-order valence-corrected chi connectivity index (χ1v) is 11.2. The van der Waals surface area contributed by atoms with Crippen LogP contribution >= 0.6 is 0 Å². The Balaban J connectivity index is 1.47. The van der Waals surface area contributed by atoms with Crippen LogP contribution in [0.3, 0.4) is 0 Å². The van der Waals surface area contributed by atoms with Crippen LogP contribution in [-0.4, -0.2) is 64.3 Å². The lowest BCUT2D eigenvalue weighted by molar-refractivity contribution is -0.142. The second-order valence-corrected chi connectivity index (χ2v) is 10.4. The number of carbonyl (C=O) groups is 2. The fourth-order valence-corrected chi connectivity index (χ4v) is 4.85. The van der Waals surface area contributed by atoms with Gasteiger partial charge in [-0.15, -0.1) is 0 Å². The average molecular weight is 415 g/mol. The summed E-state index contributed by atoms with van der Waals surface area (Å²) in [6.07, 6.45) is 4.45. The van der Waals surface area contributed by atoms with E-state index in [1.54, 1.807) is 0 Å². The highest BCUT2D eigenvalue weighted by Crippen LogP contribution is 2.52. The van der Waals surface area contributed by atoms with Crippen LogP contribution in [0.2, 0.25) is 0 Å². The Kier molecular flexibility index (Phi) is 5.56. The van der Waals surface area contributed by atoms with Crippen molar-refractivity contribution in [1.29, 1.82) is 0 Å². The number of hydrogen-bond donors (Lipinski definition) is 1. The van der Waals surface area contributed by atoms with Crippen molar-refractivity contribution in [1.82, 2.24) is 9.80 Å². The Morgan fingerprint density at radius 2 is 1.93 bits per heavy atom. The molecule has 0 radical (unpaired) electrons. The minimum absolute atomic E-state index is 0.00122. The minimum Gasteiger partial charge on any atom is -0.480 e. The molecule has 1 heterocycles. The first-order valence-electron chi connectivity index (χ1n) is 11.2. The molecule has 1 aliphatic heterocycles. The van der Waals surface area contributed by atoms with E-state index in [0.717, 1.165) is 45.2 Å². The van der Waals surface area contributed by atoms with Crippen molar-refractivity contribution in [3.8, 4) is 0 Å². The molecule has 1 N–H and O–H groups in total. The van der Waals surface area contributed by atoms with E-state index in [2.05, 4.69) is 17.0 Å². The van der Waals surface area contributed by atoms with Crippen molar-refractivity contribution in [2.75, 3.05) is 19.6 Å². The van der Waals surface area contributed by atoms with Gasteiger partial charge >= 0.3 is 12.1 Å². The van der Waals surface area contributed by atoms with Gasteiger partial charge in [-0.2, -0.15) is 0 Å². The maximum absolute atomic E-state index is 13.1. The number of aliphatic carboxylic acids is 1. The molecule has 6 heteroatoms. The van der Waals surface area contributed by atoms with Gasteiger partial charge in [0, 0.05) is 30.5 Å². The number of ether oxygens (including phenoxy) is 1. The van der Waals surface area contributed by atoms with E-state index in [9.17, 15) is 14.7 Å². The van der Waals surface area contributed by atoms with Crippen molar-refractivity contribution in [3.05, 3.63) is 35.9 Å². The first-order chi connectivity index (χ1) is 14.2. The van der Waals surface area contributed by atoms with Crippen molar-refractivity contribution >= 4 is 12.1 Å². The lowest BCUT2D eigenvalue weighted by atomic mass is 10.0. The van der Waals surface area contributed by atoms with E-state index in [0.29, 0.717) is 12.5 Å². The van der Waals surface area contributed by atoms with Crippen molar-refractivity contribution in [2.45, 2.75) is 76.5 Å².